The molecule has 4 nitrogen and oxygen atoms in total. The molecular weight excluding hydrogens is 288 g/mol. The van der Waals surface area contributed by atoms with Gasteiger partial charge in [-0.15, -0.1) is 0 Å². The zero-order valence-electron chi connectivity index (χ0n) is 15.9. The molecule has 3 unspecified atom stereocenters. The molecule has 4 heteroatoms. The highest BCUT2D eigenvalue weighted by Gasteiger charge is 2.49. The van der Waals surface area contributed by atoms with Crippen LogP contribution >= 0.6 is 0 Å². The van der Waals surface area contributed by atoms with Crippen molar-refractivity contribution in [3.8, 4) is 0 Å². The first-order valence-corrected chi connectivity index (χ1v) is 9.43. The van der Waals surface area contributed by atoms with E-state index in [2.05, 4.69) is 26.1 Å². The molecule has 1 aliphatic heterocycles. The van der Waals surface area contributed by atoms with Gasteiger partial charge in [-0.1, -0.05) is 20.3 Å². The quantitative estimate of drug-likeness (QED) is 0.836. The number of hydrogen-bond acceptors (Lipinski definition) is 3. The van der Waals surface area contributed by atoms with Crippen LogP contribution in [0.15, 0.2) is 0 Å². The summed E-state index contributed by atoms with van der Waals surface area (Å²) < 4.78 is 5.65. The minimum Gasteiger partial charge on any atom is -0.444 e. The van der Waals surface area contributed by atoms with Crippen LogP contribution in [0.2, 0.25) is 0 Å². The topological polar surface area (TPSA) is 41.6 Å². The van der Waals surface area contributed by atoms with Gasteiger partial charge in [0.05, 0.1) is 0 Å². The van der Waals surface area contributed by atoms with E-state index in [9.17, 15) is 4.79 Å². The molecular formula is C19H36N2O2. The summed E-state index contributed by atoms with van der Waals surface area (Å²) >= 11 is 0. The molecule has 0 bridgehead atoms. The zero-order chi connectivity index (χ0) is 17.3. The summed E-state index contributed by atoms with van der Waals surface area (Å²) in [6, 6.07) is 1.06. The fraction of sp³-hybridized carbons (Fsp3) is 0.947. The molecule has 1 spiro atoms. The number of piperidine rings is 1. The third kappa shape index (κ3) is 4.40. The highest BCUT2D eigenvalue weighted by Crippen LogP contribution is 2.45. The second-order valence-corrected chi connectivity index (χ2v) is 8.74. The Morgan fingerprint density at radius 1 is 1.35 bits per heavy atom. The lowest BCUT2D eigenvalue weighted by atomic mass is 9.69. The number of ether oxygens (including phenoxy) is 1. The van der Waals surface area contributed by atoms with E-state index in [1.54, 1.807) is 0 Å². The Hall–Kier alpha value is -0.770. The number of carbonyl (C=O) groups excluding carboxylic acids is 1. The summed E-state index contributed by atoms with van der Waals surface area (Å²) in [7, 11) is 0. The van der Waals surface area contributed by atoms with Crippen LogP contribution in [0.25, 0.3) is 0 Å². The van der Waals surface area contributed by atoms with Gasteiger partial charge in [-0.3, -0.25) is 0 Å². The van der Waals surface area contributed by atoms with Crippen molar-refractivity contribution in [2.45, 2.75) is 103 Å². The van der Waals surface area contributed by atoms with Gasteiger partial charge in [0.15, 0.2) is 0 Å². The normalized spacial score (nSPS) is 26.5. The largest absolute Gasteiger partial charge is 0.444 e. The Morgan fingerprint density at radius 2 is 2.00 bits per heavy atom. The van der Waals surface area contributed by atoms with Crippen LogP contribution in [0.4, 0.5) is 4.79 Å². The van der Waals surface area contributed by atoms with E-state index in [0.29, 0.717) is 18.0 Å². The number of amides is 1. The molecule has 0 aromatic heterocycles. The Balaban J connectivity index is 1.98. The molecule has 1 N–H and O–H groups in total. The van der Waals surface area contributed by atoms with Crippen molar-refractivity contribution in [3.63, 3.8) is 0 Å². The van der Waals surface area contributed by atoms with Crippen molar-refractivity contribution in [1.29, 1.82) is 0 Å². The van der Waals surface area contributed by atoms with Crippen LogP contribution in [-0.4, -0.2) is 40.8 Å². The van der Waals surface area contributed by atoms with Crippen molar-refractivity contribution in [2.24, 2.45) is 5.92 Å². The summed E-state index contributed by atoms with van der Waals surface area (Å²) in [5.74, 6) is 0.691. The number of nitrogens with zero attached hydrogens (tertiary/aromatic N) is 1. The van der Waals surface area contributed by atoms with E-state index < -0.39 is 5.60 Å². The van der Waals surface area contributed by atoms with E-state index in [1.807, 2.05) is 25.7 Å². The highest BCUT2D eigenvalue weighted by atomic mass is 16.6. The molecule has 2 aliphatic rings. The van der Waals surface area contributed by atoms with Gasteiger partial charge in [0, 0.05) is 24.2 Å². The molecule has 1 saturated heterocycles. The molecule has 23 heavy (non-hydrogen) atoms. The Morgan fingerprint density at radius 3 is 2.48 bits per heavy atom. The predicted octanol–water partition coefficient (Wildman–Crippen LogP) is 4.33. The lowest BCUT2D eigenvalue weighted by Gasteiger charge is -2.55. The summed E-state index contributed by atoms with van der Waals surface area (Å²) in [6.07, 6.45) is 6.67. The second kappa shape index (κ2) is 7.00. The van der Waals surface area contributed by atoms with Gasteiger partial charge in [-0.25, -0.2) is 4.79 Å². The average molecular weight is 325 g/mol. The van der Waals surface area contributed by atoms with Crippen LogP contribution in [0.3, 0.4) is 0 Å². The number of nitrogens with one attached hydrogen (secondary N) is 1. The van der Waals surface area contributed by atoms with Crippen molar-refractivity contribution in [3.05, 3.63) is 0 Å². The molecule has 2 fully saturated rings. The van der Waals surface area contributed by atoms with Gasteiger partial charge in [0.1, 0.15) is 5.60 Å². The Kier molecular flexibility index (Phi) is 5.65. The standard InChI is InChI=1S/C19H36N2O2/c1-7-14(2)15(3)20-16-9-12-21(17(22)23-18(4,5)6)19(13-16)10-8-11-19/h14-16,20H,7-13H2,1-6H3. The Labute approximate surface area is 142 Å². The average Bonchev–Trinajstić information content (AvgIpc) is 2.42. The molecule has 1 saturated carbocycles. The molecule has 0 aromatic rings. The van der Waals surface area contributed by atoms with Crippen molar-refractivity contribution in [2.75, 3.05) is 6.54 Å². The van der Waals surface area contributed by atoms with Gasteiger partial charge >= 0.3 is 6.09 Å². The van der Waals surface area contributed by atoms with Crippen molar-refractivity contribution < 1.29 is 9.53 Å². The second-order valence-electron chi connectivity index (χ2n) is 8.74. The SMILES string of the molecule is CCC(C)C(C)NC1CCN(C(=O)OC(C)(C)C)C2(CCC2)C1. The summed E-state index contributed by atoms with van der Waals surface area (Å²) in [5.41, 5.74) is -0.365. The summed E-state index contributed by atoms with van der Waals surface area (Å²) in [6.45, 7) is 13.5. The first-order chi connectivity index (χ1) is 10.7. The van der Waals surface area contributed by atoms with Gasteiger partial charge in [0.2, 0.25) is 0 Å². The molecule has 134 valence electrons. The minimum atomic E-state index is -0.414. The van der Waals surface area contributed by atoms with E-state index in [-0.39, 0.29) is 11.6 Å². The number of hydrogen-bond donors (Lipinski definition) is 1. The minimum absolute atomic E-state index is 0.0490. The van der Waals surface area contributed by atoms with Crippen LogP contribution in [0.5, 0.6) is 0 Å². The lowest BCUT2D eigenvalue weighted by Crippen LogP contribution is -2.64. The van der Waals surface area contributed by atoms with Gasteiger partial charge in [0.25, 0.3) is 0 Å². The highest BCUT2D eigenvalue weighted by molar-refractivity contribution is 5.69. The van der Waals surface area contributed by atoms with Crippen molar-refractivity contribution in [1.82, 2.24) is 10.2 Å². The van der Waals surface area contributed by atoms with E-state index in [1.165, 1.54) is 12.8 Å². The van der Waals surface area contributed by atoms with Crippen LogP contribution in [0, 0.1) is 5.92 Å². The summed E-state index contributed by atoms with van der Waals surface area (Å²) in [5, 5.41) is 3.82. The maximum Gasteiger partial charge on any atom is 0.410 e. The van der Waals surface area contributed by atoms with Crippen molar-refractivity contribution >= 4 is 6.09 Å². The first-order valence-electron chi connectivity index (χ1n) is 9.43. The maximum absolute atomic E-state index is 12.6. The number of likely N-dealkylation sites (tertiary alicyclic amines) is 1. The molecule has 2 rings (SSSR count). The zero-order valence-corrected chi connectivity index (χ0v) is 15.9. The van der Waals surface area contributed by atoms with E-state index in [0.717, 1.165) is 32.2 Å². The molecule has 1 amide bonds. The van der Waals surface area contributed by atoms with Crippen LogP contribution < -0.4 is 5.32 Å². The predicted molar refractivity (Wildman–Crippen MR) is 94.6 cm³/mol. The fourth-order valence-corrected chi connectivity index (χ4v) is 3.89. The molecule has 1 aliphatic carbocycles. The molecule has 0 aromatic carbocycles. The molecule has 0 radical (unpaired) electrons. The van der Waals surface area contributed by atoms with Gasteiger partial charge in [-0.2, -0.15) is 0 Å². The number of rotatable bonds is 4. The third-order valence-corrected chi connectivity index (χ3v) is 5.79. The summed E-state index contributed by atoms with van der Waals surface area (Å²) in [4.78, 5) is 14.6. The van der Waals surface area contributed by atoms with Gasteiger partial charge in [-0.05, 0) is 65.7 Å². The first kappa shape index (κ1) is 18.6. The lowest BCUT2D eigenvalue weighted by molar-refractivity contribution is -0.0503. The molecule has 1 heterocycles. The maximum atomic E-state index is 12.6. The Bertz CT molecular complexity index is 412. The van der Waals surface area contributed by atoms with Crippen LogP contribution in [0.1, 0.15) is 80.1 Å². The fourth-order valence-electron chi connectivity index (χ4n) is 3.89. The van der Waals surface area contributed by atoms with E-state index >= 15 is 0 Å². The monoisotopic (exact) mass is 324 g/mol. The molecule has 3 atom stereocenters. The van der Waals surface area contributed by atoms with E-state index in [4.69, 9.17) is 4.74 Å². The number of carbonyl (C=O) groups is 1. The smallest absolute Gasteiger partial charge is 0.410 e. The van der Waals surface area contributed by atoms with Gasteiger partial charge < -0.3 is 15.0 Å². The van der Waals surface area contributed by atoms with Crippen LogP contribution in [-0.2, 0) is 4.74 Å². The third-order valence-electron chi connectivity index (χ3n) is 5.79.